The number of likely N-dealkylation sites (tertiary alicyclic amines) is 1. The molecule has 0 aromatic rings. The highest BCUT2D eigenvalue weighted by Gasteiger charge is 2.25. The lowest BCUT2D eigenvalue weighted by Crippen LogP contribution is -2.36. The van der Waals surface area contributed by atoms with Crippen LogP contribution in [0.15, 0.2) is 0 Å². The zero-order valence-electron chi connectivity index (χ0n) is 8.75. The van der Waals surface area contributed by atoms with Crippen LogP contribution in [0.25, 0.3) is 0 Å². The standard InChI is InChI=1S/C10H19NO2/c1-8(2)7-13-9(3)11-6-4-5-10(11)12/h8-9H,4-7H2,1-3H3. The Kier molecular flexibility index (Phi) is 3.72. The van der Waals surface area contributed by atoms with Gasteiger partial charge < -0.3 is 9.64 Å². The maximum absolute atomic E-state index is 11.3. The van der Waals surface area contributed by atoms with Crippen molar-refractivity contribution in [2.45, 2.75) is 39.8 Å². The lowest BCUT2D eigenvalue weighted by molar-refractivity contribution is -0.140. The van der Waals surface area contributed by atoms with E-state index in [1.54, 1.807) is 0 Å². The Morgan fingerprint density at radius 2 is 2.15 bits per heavy atom. The number of nitrogens with zero attached hydrogens (tertiary/aromatic N) is 1. The predicted molar refractivity (Wildman–Crippen MR) is 51.2 cm³/mol. The number of hydrogen-bond donors (Lipinski definition) is 0. The molecular weight excluding hydrogens is 166 g/mol. The zero-order chi connectivity index (χ0) is 9.84. The van der Waals surface area contributed by atoms with Gasteiger partial charge in [-0.05, 0) is 19.3 Å². The van der Waals surface area contributed by atoms with Crippen LogP contribution in [0.1, 0.15) is 33.6 Å². The second-order valence-electron chi connectivity index (χ2n) is 4.02. The number of hydrogen-bond acceptors (Lipinski definition) is 2. The van der Waals surface area contributed by atoms with Gasteiger partial charge in [0.25, 0.3) is 0 Å². The third-order valence-corrected chi connectivity index (χ3v) is 2.22. The first-order valence-electron chi connectivity index (χ1n) is 5.02. The quantitative estimate of drug-likeness (QED) is 0.666. The molecule has 76 valence electrons. The van der Waals surface area contributed by atoms with E-state index in [1.165, 1.54) is 0 Å². The van der Waals surface area contributed by atoms with Crippen LogP contribution in [-0.4, -0.2) is 30.2 Å². The van der Waals surface area contributed by atoms with Gasteiger partial charge in [0.05, 0.1) is 6.61 Å². The van der Waals surface area contributed by atoms with Crippen LogP contribution in [0.5, 0.6) is 0 Å². The van der Waals surface area contributed by atoms with Gasteiger partial charge in [0.1, 0.15) is 6.23 Å². The first-order chi connectivity index (χ1) is 6.11. The largest absolute Gasteiger partial charge is 0.358 e. The van der Waals surface area contributed by atoms with E-state index in [2.05, 4.69) is 13.8 Å². The SMILES string of the molecule is CC(C)COC(C)N1CCCC1=O. The predicted octanol–water partition coefficient (Wildman–Crippen LogP) is 1.63. The highest BCUT2D eigenvalue weighted by molar-refractivity contribution is 5.78. The maximum atomic E-state index is 11.3. The van der Waals surface area contributed by atoms with Gasteiger partial charge >= 0.3 is 0 Å². The molecule has 1 heterocycles. The van der Waals surface area contributed by atoms with Crippen molar-refractivity contribution in [1.29, 1.82) is 0 Å². The van der Waals surface area contributed by atoms with Crippen molar-refractivity contribution in [1.82, 2.24) is 4.90 Å². The van der Waals surface area contributed by atoms with E-state index in [-0.39, 0.29) is 12.1 Å². The monoisotopic (exact) mass is 185 g/mol. The fourth-order valence-electron chi connectivity index (χ4n) is 1.48. The van der Waals surface area contributed by atoms with Gasteiger partial charge in [0, 0.05) is 13.0 Å². The normalized spacial score (nSPS) is 20.0. The summed E-state index contributed by atoms with van der Waals surface area (Å²) in [5.41, 5.74) is 0. The summed E-state index contributed by atoms with van der Waals surface area (Å²) < 4.78 is 5.56. The average molecular weight is 185 g/mol. The molecule has 1 aliphatic rings. The summed E-state index contributed by atoms with van der Waals surface area (Å²) in [4.78, 5) is 13.1. The van der Waals surface area contributed by atoms with E-state index < -0.39 is 0 Å². The molecule has 0 N–H and O–H groups in total. The molecule has 1 amide bonds. The summed E-state index contributed by atoms with van der Waals surface area (Å²) in [7, 11) is 0. The van der Waals surface area contributed by atoms with Gasteiger partial charge in [0.2, 0.25) is 5.91 Å². The topological polar surface area (TPSA) is 29.5 Å². The third-order valence-electron chi connectivity index (χ3n) is 2.22. The fraction of sp³-hybridized carbons (Fsp3) is 0.900. The molecule has 0 aromatic heterocycles. The van der Waals surface area contributed by atoms with Gasteiger partial charge in [-0.25, -0.2) is 0 Å². The first-order valence-corrected chi connectivity index (χ1v) is 5.02. The number of carbonyl (C=O) groups is 1. The van der Waals surface area contributed by atoms with Gasteiger partial charge in [0.15, 0.2) is 0 Å². The summed E-state index contributed by atoms with van der Waals surface area (Å²) >= 11 is 0. The van der Waals surface area contributed by atoms with Crippen LogP contribution >= 0.6 is 0 Å². The number of amides is 1. The molecule has 1 unspecified atom stereocenters. The van der Waals surface area contributed by atoms with Gasteiger partial charge in [-0.1, -0.05) is 13.8 Å². The minimum absolute atomic E-state index is 0.0441. The van der Waals surface area contributed by atoms with Crippen molar-refractivity contribution in [3.63, 3.8) is 0 Å². The highest BCUT2D eigenvalue weighted by Crippen LogP contribution is 2.14. The minimum atomic E-state index is -0.0441. The van der Waals surface area contributed by atoms with Crippen LogP contribution in [-0.2, 0) is 9.53 Å². The summed E-state index contributed by atoms with van der Waals surface area (Å²) in [5.74, 6) is 0.761. The Hall–Kier alpha value is -0.570. The summed E-state index contributed by atoms with van der Waals surface area (Å²) in [6, 6.07) is 0. The van der Waals surface area contributed by atoms with Crippen molar-refractivity contribution >= 4 is 5.91 Å². The van der Waals surface area contributed by atoms with Crippen molar-refractivity contribution < 1.29 is 9.53 Å². The molecular formula is C10H19NO2. The Morgan fingerprint density at radius 1 is 1.46 bits per heavy atom. The van der Waals surface area contributed by atoms with Crippen LogP contribution in [0, 0.1) is 5.92 Å². The van der Waals surface area contributed by atoms with Crippen molar-refractivity contribution in [2.75, 3.05) is 13.2 Å². The second-order valence-corrected chi connectivity index (χ2v) is 4.02. The number of ether oxygens (including phenoxy) is 1. The summed E-state index contributed by atoms with van der Waals surface area (Å²) in [5, 5.41) is 0. The molecule has 1 fully saturated rings. The van der Waals surface area contributed by atoms with E-state index in [0.717, 1.165) is 19.6 Å². The Labute approximate surface area is 80.1 Å². The molecule has 3 nitrogen and oxygen atoms in total. The lowest BCUT2D eigenvalue weighted by atomic mass is 10.2. The molecule has 1 rings (SSSR count). The molecule has 0 radical (unpaired) electrons. The average Bonchev–Trinajstić information content (AvgIpc) is 2.47. The Balaban J connectivity index is 2.30. The van der Waals surface area contributed by atoms with E-state index >= 15 is 0 Å². The second kappa shape index (κ2) is 4.61. The maximum Gasteiger partial charge on any atom is 0.224 e. The van der Waals surface area contributed by atoms with Crippen molar-refractivity contribution in [3.05, 3.63) is 0 Å². The molecule has 1 aliphatic heterocycles. The molecule has 0 bridgehead atoms. The Morgan fingerprint density at radius 3 is 2.62 bits per heavy atom. The Bertz CT molecular complexity index is 180. The van der Waals surface area contributed by atoms with E-state index in [4.69, 9.17) is 4.74 Å². The molecule has 13 heavy (non-hydrogen) atoms. The van der Waals surface area contributed by atoms with Crippen LogP contribution in [0.2, 0.25) is 0 Å². The minimum Gasteiger partial charge on any atom is -0.358 e. The van der Waals surface area contributed by atoms with E-state index in [0.29, 0.717) is 12.3 Å². The number of rotatable bonds is 4. The molecule has 0 saturated carbocycles. The van der Waals surface area contributed by atoms with Crippen molar-refractivity contribution in [2.24, 2.45) is 5.92 Å². The van der Waals surface area contributed by atoms with Crippen LogP contribution in [0.3, 0.4) is 0 Å². The van der Waals surface area contributed by atoms with Crippen LogP contribution < -0.4 is 0 Å². The van der Waals surface area contributed by atoms with Gasteiger partial charge in [-0.15, -0.1) is 0 Å². The van der Waals surface area contributed by atoms with E-state index in [1.807, 2.05) is 11.8 Å². The lowest BCUT2D eigenvalue weighted by Gasteiger charge is -2.24. The smallest absolute Gasteiger partial charge is 0.224 e. The fourth-order valence-corrected chi connectivity index (χ4v) is 1.48. The molecule has 0 aliphatic carbocycles. The molecule has 0 spiro atoms. The molecule has 3 heteroatoms. The van der Waals surface area contributed by atoms with Gasteiger partial charge in [-0.3, -0.25) is 4.79 Å². The first kappa shape index (κ1) is 10.5. The number of carbonyl (C=O) groups excluding carboxylic acids is 1. The third kappa shape index (κ3) is 2.99. The van der Waals surface area contributed by atoms with E-state index in [9.17, 15) is 4.79 Å². The van der Waals surface area contributed by atoms with Gasteiger partial charge in [-0.2, -0.15) is 0 Å². The molecule has 1 saturated heterocycles. The highest BCUT2D eigenvalue weighted by atomic mass is 16.5. The zero-order valence-corrected chi connectivity index (χ0v) is 8.75. The summed E-state index contributed by atoms with van der Waals surface area (Å²) in [6.07, 6.45) is 1.63. The molecule has 0 aromatic carbocycles. The molecule has 1 atom stereocenters. The van der Waals surface area contributed by atoms with Crippen molar-refractivity contribution in [3.8, 4) is 0 Å². The van der Waals surface area contributed by atoms with Crippen LogP contribution in [0.4, 0.5) is 0 Å². The summed E-state index contributed by atoms with van der Waals surface area (Å²) in [6.45, 7) is 7.76.